The standard InChI is InChI=1S/C15H14BrF2NO/c1-20-13-4-2-10(15(18)7-13)8-19-9-11-6-12(17)3-5-14(11)16/h2-7,19H,8-9H2,1H3. The maximum Gasteiger partial charge on any atom is 0.131 e. The number of nitrogens with one attached hydrogen (secondary N) is 1. The second kappa shape index (κ2) is 6.81. The molecule has 20 heavy (non-hydrogen) atoms. The van der Waals surface area contributed by atoms with Crippen LogP contribution in [0.4, 0.5) is 8.78 Å². The Morgan fingerprint density at radius 3 is 2.50 bits per heavy atom. The fraction of sp³-hybridized carbons (Fsp3) is 0.200. The molecule has 0 radical (unpaired) electrons. The zero-order valence-electron chi connectivity index (χ0n) is 10.9. The van der Waals surface area contributed by atoms with Crippen LogP contribution in [0, 0.1) is 11.6 Å². The molecule has 0 fully saturated rings. The number of benzene rings is 2. The Kier molecular flexibility index (Phi) is 5.09. The Morgan fingerprint density at radius 2 is 1.80 bits per heavy atom. The molecule has 0 bridgehead atoms. The highest BCUT2D eigenvalue weighted by Crippen LogP contribution is 2.19. The minimum Gasteiger partial charge on any atom is -0.497 e. The van der Waals surface area contributed by atoms with Crippen molar-refractivity contribution in [1.29, 1.82) is 0 Å². The molecule has 1 N–H and O–H groups in total. The van der Waals surface area contributed by atoms with Gasteiger partial charge in [0.15, 0.2) is 0 Å². The third-order valence-corrected chi connectivity index (χ3v) is 3.67. The molecule has 2 nitrogen and oxygen atoms in total. The Hall–Kier alpha value is -1.46. The first-order valence-electron chi connectivity index (χ1n) is 6.07. The van der Waals surface area contributed by atoms with Gasteiger partial charge < -0.3 is 10.1 Å². The van der Waals surface area contributed by atoms with Crippen molar-refractivity contribution in [3.05, 3.63) is 63.6 Å². The minimum atomic E-state index is -0.324. The van der Waals surface area contributed by atoms with Gasteiger partial charge in [0, 0.05) is 29.2 Å². The Balaban J connectivity index is 1.97. The van der Waals surface area contributed by atoms with Crippen molar-refractivity contribution < 1.29 is 13.5 Å². The van der Waals surface area contributed by atoms with E-state index in [0.29, 0.717) is 24.4 Å². The van der Waals surface area contributed by atoms with Crippen LogP contribution >= 0.6 is 15.9 Å². The van der Waals surface area contributed by atoms with Gasteiger partial charge in [-0.2, -0.15) is 0 Å². The predicted molar refractivity (Wildman–Crippen MR) is 77.6 cm³/mol. The molecule has 0 aromatic heterocycles. The van der Waals surface area contributed by atoms with E-state index in [0.717, 1.165) is 10.0 Å². The molecule has 0 saturated carbocycles. The van der Waals surface area contributed by atoms with Gasteiger partial charge in [0.2, 0.25) is 0 Å². The zero-order chi connectivity index (χ0) is 14.5. The van der Waals surface area contributed by atoms with E-state index in [1.165, 1.54) is 25.3 Å². The monoisotopic (exact) mass is 341 g/mol. The maximum atomic E-state index is 13.7. The van der Waals surface area contributed by atoms with Gasteiger partial charge in [-0.05, 0) is 29.8 Å². The molecule has 106 valence electrons. The molecule has 2 aromatic rings. The quantitative estimate of drug-likeness (QED) is 0.886. The number of hydrogen-bond donors (Lipinski definition) is 1. The first-order valence-corrected chi connectivity index (χ1v) is 6.86. The summed E-state index contributed by atoms with van der Waals surface area (Å²) in [6, 6.07) is 9.20. The average molecular weight is 342 g/mol. The van der Waals surface area contributed by atoms with Crippen molar-refractivity contribution in [1.82, 2.24) is 5.32 Å². The van der Waals surface area contributed by atoms with E-state index < -0.39 is 0 Å². The lowest BCUT2D eigenvalue weighted by molar-refractivity contribution is 0.410. The van der Waals surface area contributed by atoms with Crippen LogP contribution in [0.5, 0.6) is 5.75 Å². The minimum absolute atomic E-state index is 0.291. The van der Waals surface area contributed by atoms with E-state index in [1.54, 1.807) is 18.2 Å². The fourth-order valence-electron chi connectivity index (χ4n) is 1.81. The molecule has 2 rings (SSSR count). The zero-order valence-corrected chi connectivity index (χ0v) is 12.5. The van der Waals surface area contributed by atoms with Gasteiger partial charge in [-0.15, -0.1) is 0 Å². The summed E-state index contributed by atoms with van der Waals surface area (Å²) in [7, 11) is 1.49. The number of hydrogen-bond acceptors (Lipinski definition) is 2. The lowest BCUT2D eigenvalue weighted by atomic mass is 10.2. The molecule has 0 heterocycles. The summed E-state index contributed by atoms with van der Waals surface area (Å²) in [4.78, 5) is 0. The van der Waals surface area contributed by atoms with E-state index >= 15 is 0 Å². The average Bonchev–Trinajstić information content (AvgIpc) is 2.44. The molecular weight excluding hydrogens is 328 g/mol. The van der Waals surface area contributed by atoms with Crippen molar-refractivity contribution >= 4 is 15.9 Å². The predicted octanol–water partition coefficient (Wildman–Crippen LogP) is 4.03. The van der Waals surface area contributed by atoms with E-state index in [1.807, 2.05) is 0 Å². The summed E-state index contributed by atoms with van der Waals surface area (Å²) >= 11 is 3.35. The molecule has 0 amide bonds. The molecule has 0 aliphatic carbocycles. The fourth-order valence-corrected chi connectivity index (χ4v) is 2.20. The normalized spacial score (nSPS) is 10.6. The highest BCUT2D eigenvalue weighted by atomic mass is 79.9. The van der Waals surface area contributed by atoms with E-state index in [2.05, 4.69) is 21.2 Å². The van der Waals surface area contributed by atoms with Crippen molar-refractivity contribution in [3.63, 3.8) is 0 Å². The largest absolute Gasteiger partial charge is 0.497 e. The van der Waals surface area contributed by atoms with Crippen LogP contribution in [0.15, 0.2) is 40.9 Å². The van der Waals surface area contributed by atoms with Crippen LogP contribution in [0.1, 0.15) is 11.1 Å². The second-order valence-electron chi connectivity index (χ2n) is 4.30. The summed E-state index contributed by atoms with van der Waals surface area (Å²) in [6.45, 7) is 0.808. The lowest BCUT2D eigenvalue weighted by Gasteiger charge is -2.09. The summed E-state index contributed by atoms with van der Waals surface area (Å²) < 4.78 is 32.6. The molecule has 0 saturated heterocycles. The van der Waals surface area contributed by atoms with Crippen molar-refractivity contribution in [3.8, 4) is 5.75 Å². The second-order valence-corrected chi connectivity index (χ2v) is 5.15. The van der Waals surface area contributed by atoms with Gasteiger partial charge in [-0.3, -0.25) is 0 Å². The lowest BCUT2D eigenvalue weighted by Crippen LogP contribution is -2.14. The summed E-state index contributed by atoms with van der Waals surface area (Å²) in [5, 5.41) is 3.09. The third-order valence-electron chi connectivity index (χ3n) is 2.90. The van der Waals surface area contributed by atoms with Crippen molar-refractivity contribution in [2.75, 3.05) is 7.11 Å². The maximum absolute atomic E-state index is 13.7. The van der Waals surface area contributed by atoms with Gasteiger partial charge in [0.05, 0.1) is 7.11 Å². The van der Waals surface area contributed by atoms with Crippen LogP contribution < -0.4 is 10.1 Å². The molecule has 5 heteroatoms. The van der Waals surface area contributed by atoms with Gasteiger partial charge >= 0.3 is 0 Å². The first kappa shape index (κ1) is 14.9. The SMILES string of the molecule is COc1ccc(CNCc2cc(F)ccc2Br)c(F)c1. The molecule has 0 atom stereocenters. The Bertz CT molecular complexity index is 604. The van der Waals surface area contributed by atoms with Crippen LogP contribution in [-0.4, -0.2) is 7.11 Å². The summed E-state index contributed by atoms with van der Waals surface area (Å²) in [5.74, 6) is -0.130. The summed E-state index contributed by atoms with van der Waals surface area (Å²) in [5.41, 5.74) is 1.33. The number of methoxy groups -OCH3 is 1. The topological polar surface area (TPSA) is 21.3 Å². The van der Waals surface area contributed by atoms with Gasteiger partial charge in [0.1, 0.15) is 17.4 Å². The van der Waals surface area contributed by atoms with E-state index in [4.69, 9.17) is 4.74 Å². The third kappa shape index (κ3) is 3.77. The molecular formula is C15H14BrF2NO. The molecule has 0 spiro atoms. The van der Waals surface area contributed by atoms with E-state index in [-0.39, 0.29) is 11.6 Å². The van der Waals surface area contributed by atoms with Gasteiger partial charge in [-0.1, -0.05) is 22.0 Å². The van der Waals surface area contributed by atoms with Crippen LogP contribution in [0.25, 0.3) is 0 Å². The first-order chi connectivity index (χ1) is 9.60. The molecule has 0 aliphatic rings. The highest BCUT2D eigenvalue weighted by Gasteiger charge is 2.05. The summed E-state index contributed by atoms with van der Waals surface area (Å²) in [6.07, 6.45) is 0. The smallest absolute Gasteiger partial charge is 0.131 e. The number of rotatable bonds is 5. The van der Waals surface area contributed by atoms with Gasteiger partial charge in [0.25, 0.3) is 0 Å². The van der Waals surface area contributed by atoms with E-state index in [9.17, 15) is 8.78 Å². The highest BCUT2D eigenvalue weighted by molar-refractivity contribution is 9.10. The van der Waals surface area contributed by atoms with Crippen molar-refractivity contribution in [2.24, 2.45) is 0 Å². The number of ether oxygens (including phenoxy) is 1. The number of halogens is 3. The Labute approximate surface area is 124 Å². The molecule has 0 aliphatic heterocycles. The van der Waals surface area contributed by atoms with Gasteiger partial charge in [-0.25, -0.2) is 8.78 Å². The van der Waals surface area contributed by atoms with Crippen LogP contribution in [-0.2, 0) is 13.1 Å². The van der Waals surface area contributed by atoms with Crippen LogP contribution in [0.2, 0.25) is 0 Å². The molecule has 2 aromatic carbocycles. The molecule has 0 unspecified atom stereocenters. The van der Waals surface area contributed by atoms with Crippen LogP contribution in [0.3, 0.4) is 0 Å². The van der Waals surface area contributed by atoms with Crippen molar-refractivity contribution in [2.45, 2.75) is 13.1 Å². The Morgan fingerprint density at radius 1 is 1.05 bits per heavy atom.